The lowest BCUT2D eigenvalue weighted by Crippen LogP contribution is -2.19. The molecule has 0 spiro atoms. The fourth-order valence-corrected chi connectivity index (χ4v) is 3.15. The molecule has 0 heterocycles. The van der Waals surface area contributed by atoms with E-state index >= 15 is 0 Å². The van der Waals surface area contributed by atoms with E-state index < -0.39 is 17.6 Å². The van der Waals surface area contributed by atoms with Gasteiger partial charge in [0.25, 0.3) is 11.8 Å². The highest BCUT2D eigenvalue weighted by atomic mass is 19.1. The molecule has 4 aromatic carbocycles. The van der Waals surface area contributed by atoms with Crippen LogP contribution in [-0.2, 0) is 0 Å². The second-order valence-corrected chi connectivity index (χ2v) is 7.00. The molecule has 0 unspecified atom stereocenters. The van der Waals surface area contributed by atoms with Gasteiger partial charge in [0.05, 0.1) is 16.8 Å². The first kappa shape index (κ1) is 20.8. The molecule has 0 atom stereocenters. The minimum absolute atomic E-state index is 0.0933. The van der Waals surface area contributed by atoms with Crippen molar-refractivity contribution in [1.82, 2.24) is 0 Å². The van der Waals surface area contributed by atoms with Crippen LogP contribution < -0.4 is 16.0 Å². The molecule has 2 amide bonds. The summed E-state index contributed by atoms with van der Waals surface area (Å²) in [5.74, 6) is -1.64. The van der Waals surface area contributed by atoms with E-state index in [1.165, 1.54) is 18.2 Å². The number of carbonyl (C=O) groups is 2. The molecular weight excluding hydrogens is 405 g/mol. The molecule has 4 aromatic rings. The van der Waals surface area contributed by atoms with Crippen molar-refractivity contribution in [2.24, 2.45) is 0 Å². The highest BCUT2D eigenvalue weighted by Gasteiger charge is 2.16. The Hall–Kier alpha value is -4.45. The van der Waals surface area contributed by atoms with Crippen LogP contribution in [0.2, 0.25) is 0 Å². The number of rotatable bonds is 6. The third-order valence-electron chi connectivity index (χ3n) is 4.74. The van der Waals surface area contributed by atoms with Gasteiger partial charge in [-0.1, -0.05) is 42.5 Å². The first-order valence-electron chi connectivity index (χ1n) is 9.98. The van der Waals surface area contributed by atoms with Crippen LogP contribution in [0.15, 0.2) is 103 Å². The summed E-state index contributed by atoms with van der Waals surface area (Å²) in [7, 11) is 0. The van der Waals surface area contributed by atoms with Gasteiger partial charge < -0.3 is 16.0 Å². The molecule has 0 aliphatic carbocycles. The predicted octanol–water partition coefficient (Wildman–Crippen LogP) is 6.07. The standard InChI is InChI=1S/C26H20FN3O2/c27-23-12-6-4-10-21(23)25(31)30-24-13-7-5-11-22(24)26(32)29-20-16-14-19(15-17-20)28-18-8-2-1-3-9-18/h1-17,28H,(H,29,32)(H,30,31). The number of hydrogen-bond donors (Lipinski definition) is 3. The van der Waals surface area contributed by atoms with Crippen molar-refractivity contribution in [3.05, 3.63) is 120 Å². The van der Waals surface area contributed by atoms with Crippen molar-refractivity contribution < 1.29 is 14.0 Å². The molecule has 3 N–H and O–H groups in total. The van der Waals surface area contributed by atoms with Crippen molar-refractivity contribution >= 4 is 34.6 Å². The molecule has 0 radical (unpaired) electrons. The van der Waals surface area contributed by atoms with Gasteiger partial charge in [-0.15, -0.1) is 0 Å². The normalized spacial score (nSPS) is 10.3. The van der Waals surface area contributed by atoms with Gasteiger partial charge in [-0.05, 0) is 60.7 Å². The van der Waals surface area contributed by atoms with Gasteiger partial charge in [-0.3, -0.25) is 9.59 Å². The van der Waals surface area contributed by atoms with Crippen LogP contribution in [-0.4, -0.2) is 11.8 Å². The number of benzene rings is 4. The van der Waals surface area contributed by atoms with E-state index in [-0.39, 0.29) is 11.1 Å². The Morgan fingerprint density at radius 2 is 1.06 bits per heavy atom. The van der Waals surface area contributed by atoms with Crippen LogP contribution in [0.4, 0.5) is 27.1 Å². The molecule has 0 aromatic heterocycles. The average Bonchev–Trinajstić information content (AvgIpc) is 2.81. The highest BCUT2D eigenvalue weighted by molar-refractivity contribution is 6.12. The molecule has 0 saturated heterocycles. The quantitative estimate of drug-likeness (QED) is 0.351. The zero-order valence-corrected chi connectivity index (χ0v) is 17.0. The monoisotopic (exact) mass is 425 g/mol. The molecule has 158 valence electrons. The van der Waals surface area contributed by atoms with E-state index in [4.69, 9.17) is 0 Å². The number of carbonyl (C=O) groups excluding carboxylic acids is 2. The molecule has 0 fully saturated rings. The first-order valence-corrected chi connectivity index (χ1v) is 9.98. The zero-order chi connectivity index (χ0) is 22.3. The molecule has 0 saturated carbocycles. The van der Waals surface area contributed by atoms with Crippen LogP contribution in [0.5, 0.6) is 0 Å². The summed E-state index contributed by atoms with van der Waals surface area (Å²) in [6.07, 6.45) is 0. The zero-order valence-electron chi connectivity index (χ0n) is 17.0. The van der Waals surface area contributed by atoms with Gasteiger partial charge in [-0.2, -0.15) is 0 Å². The fourth-order valence-electron chi connectivity index (χ4n) is 3.15. The van der Waals surface area contributed by atoms with Gasteiger partial charge in [0.2, 0.25) is 0 Å². The summed E-state index contributed by atoms with van der Waals surface area (Å²) in [5, 5.41) is 8.72. The summed E-state index contributed by atoms with van der Waals surface area (Å²) in [4.78, 5) is 25.3. The SMILES string of the molecule is O=C(Nc1ccccc1C(=O)Nc1ccc(Nc2ccccc2)cc1)c1ccccc1F. The predicted molar refractivity (Wildman–Crippen MR) is 125 cm³/mol. The Morgan fingerprint density at radius 3 is 1.78 bits per heavy atom. The lowest BCUT2D eigenvalue weighted by Gasteiger charge is -2.12. The third kappa shape index (κ3) is 4.99. The minimum Gasteiger partial charge on any atom is -0.356 e. The Balaban J connectivity index is 1.46. The number of halogens is 1. The summed E-state index contributed by atoms with van der Waals surface area (Å²) in [6.45, 7) is 0. The Morgan fingerprint density at radius 1 is 0.531 bits per heavy atom. The highest BCUT2D eigenvalue weighted by Crippen LogP contribution is 2.21. The van der Waals surface area contributed by atoms with E-state index in [1.807, 2.05) is 42.5 Å². The van der Waals surface area contributed by atoms with Crippen LogP contribution >= 0.6 is 0 Å². The Labute approximate surface area is 184 Å². The van der Waals surface area contributed by atoms with Crippen molar-refractivity contribution in [2.75, 3.05) is 16.0 Å². The second kappa shape index (κ2) is 9.57. The maximum Gasteiger partial charge on any atom is 0.258 e. The Bertz CT molecular complexity index is 1240. The molecular formula is C26H20FN3O2. The van der Waals surface area contributed by atoms with Gasteiger partial charge in [0, 0.05) is 17.1 Å². The summed E-state index contributed by atoms with van der Waals surface area (Å²) in [5.41, 5.74) is 2.91. The van der Waals surface area contributed by atoms with Crippen LogP contribution in [0.1, 0.15) is 20.7 Å². The van der Waals surface area contributed by atoms with Crippen molar-refractivity contribution in [3.63, 3.8) is 0 Å². The van der Waals surface area contributed by atoms with Gasteiger partial charge >= 0.3 is 0 Å². The molecule has 0 aliphatic rings. The minimum atomic E-state index is -0.629. The third-order valence-corrected chi connectivity index (χ3v) is 4.74. The number of amides is 2. The summed E-state index contributed by atoms with van der Waals surface area (Å²) in [6, 6.07) is 29.3. The van der Waals surface area contributed by atoms with Crippen LogP contribution in [0.25, 0.3) is 0 Å². The van der Waals surface area contributed by atoms with Gasteiger partial charge in [-0.25, -0.2) is 4.39 Å². The van der Waals surface area contributed by atoms with Crippen LogP contribution in [0.3, 0.4) is 0 Å². The number of anilines is 4. The number of nitrogens with one attached hydrogen (secondary N) is 3. The van der Waals surface area contributed by atoms with E-state index in [0.717, 1.165) is 11.4 Å². The molecule has 32 heavy (non-hydrogen) atoms. The first-order chi connectivity index (χ1) is 15.6. The van der Waals surface area contributed by atoms with Crippen molar-refractivity contribution in [1.29, 1.82) is 0 Å². The molecule has 4 rings (SSSR count). The largest absolute Gasteiger partial charge is 0.356 e. The number of para-hydroxylation sites is 2. The van der Waals surface area contributed by atoms with Crippen molar-refractivity contribution in [2.45, 2.75) is 0 Å². The fraction of sp³-hybridized carbons (Fsp3) is 0. The van der Waals surface area contributed by atoms with E-state index in [2.05, 4.69) is 16.0 Å². The summed E-state index contributed by atoms with van der Waals surface area (Å²) >= 11 is 0. The van der Waals surface area contributed by atoms with Gasteiger partial charge in [0.15, 0.2) is 0 Å². The lowest BCUT2D eigenvalue weighted by molar-refractivity contribution is 0.102. The molecule has 0 bridgehead atoms. The molecule has 5 nitrogen and oxygen atoms in total. The Kier molecular flexibility index (Phi) is 6.22. The van der Waals surface area contributed by atoms with E-state index in [0.29, 0.717) is 11.4 Å². The van der Waals surface area contributed by atoms with E-state index in [9.17, 15) is 14.0 Å². The maximum absolute atomic E-state index is 13.9. The van der Waals surface area contributed by atoms with Crippen LogP contribution in [0, 0.1) is 5.82 Å². The number of hydrogen-bond acceptors (Lipinski definition) is 3. The topological polar surface area (TPSA) is 70.2 Å². The average molecular weight is 425 g/mol. The molecule has 0 aliphatic heterocycles. The van der Waals surface area contributed by atoms with E-state index in [1.54, 1.807) is 42.5 Å². The lowest BCUT2D eigenvalue weighted by atomic mass is 10.1. The molecule has 6 heteroatoms. The summed E-state index contributed by atoms with van der Waals surface area (Å²) < 4.78 is 13.9. The smallest absolute Gasteiger partial charge is 0.258 e. The second-order valence-electron chi connectivity index (χ2n) is 7.00. The van der Waals surface area contributed by atoms with Crippen molar-refractivity contribution in [3.8, 4) is 0 Å². The maximum atomic E-state index is 13.9. The van der Waals surface area contributed by atoms with Gasteiger partial charge in [0.1, 0.15) is 5.82 Å².